The molecule has 0 N–H and O–H groups in total. The molecule has 0 saturated heterocycles. The Morgan fingerprint density at radius 2 is 2.00 bits per heavy atom. The Kier molecular flexibility index (Phi) is 2.38. The summed E-state index contributed by atoms with van der Waals surface area (Å²) in [5, 5.41) is 0. The number of benzene rings is 1. The van der Waals surface area contributed by atoms with Gasteiger partial charge in [0.1, 0.15) is 5.75 Å². The standard InChI is InChI=1S/C8H10O3S/c1-11-7-4-3-5-8(6-7)12(2,9)10/h3-6H,1-2H3. The van der Waals surface area contributed by atoms with Gasteiger partial charge in [-0.1, -0.05) is 6.07 Å². The van der Waals surface area contributed by atoms with Gasteiger partial charge in [-0.25, -0.2) is 8.42 Å². The quantitative estimate of drug-likeness (QED) is 0.694. The molecule has 0 spiro atoms. The summed E-state index contributed by atoms with van der Waals surface area (Å²) in [6.07, 6.45) is 1.17. The molecule has 0 aliphatic carbocycles. The lowest BCUT2D eigenvalue weighted by Gasteiger charge is -2.01. The first-order valence-corrected chi connectivity index (χ1v) is 5.27. The van der Waals surface area contributed by atoms with E-state index in [2.05, 4.69) is 0 Å². The van der Waals surface area contributed by atoms with Gasteiger partial charge < -0.3 is 4.74 Å². The Balaban J connectivity index is 3.20. The fourth-order valence-corrected chi connectivity index (χ4v) is 1.49. The highest BCUT2D eigenvalue weighted by Gasteiger charge is 2.06. The summed E-state index contributed by atoms with van der Waals surface area (Å²) >= 11 is 0. The predicted octanol–water partition coefficient (Wildman–Crippen LogP) is 1.10. The number of hydrogen-bond donors (Lipinski definition) is 0. The van der Waals surface area contributed by atoms with E-state index in [0.29, 0.717) is 5.75 Å². The summed E-state index contributed by atoms with van der Waals surface area (Å²) in [5.41, 5.74) is 0. The van der Waals surface area contributed by atoms with Gasteiger partial charge in [0.15, 0.2) is 9.84 Å². The monoisotopic (exact) mass is 186 g/mol. The molecule has 66 valence electrons. The van der Waals surface area contributed by atoms with Crippen molar-refractivity contribution in [2.45, 2.75) is 4.90 Å². The Morgan fingerprint density at radius 3 is 2.50 bits per heavy atom. The van der Waals surface area contributed by atoms with Crippen molar-refractivity contribution in [3.8, 4) is 5.75 Å². The third kappa shape index (κ3) is 1.98. The Morgan fingerprint density at radius 1 is 1.33 bits per heavy atom. The molecule has 4 heteroatoms. The van der Waals surface area contributed by atoms with Gasteiger partial charge >= 0.3 is 0 Å². The van der Waals surface area contributed by atoms with E-state index >= 15 is 0 Å². The molecule has 1 aromatic carbocycles. The van der Waals surface area contributed by atoms with Crippen LogP contribution in [0, 0.1) is 0 Å². The van der Waals surface area contributed by atoms with Crippen molar-refractivity contribution >= 4 is 9.84 Å². The Bertz CT molecular complexity index is 368. The lowest BCUT2D eigenvalue weighted by Crippen LogP contribution is -1.96. The van der Waals surface area contributed by atoms with Gasteiger partial charge in [0.25, 0.3) is 0 Å². The van der Waals surface area contributed by atoms with Crippen molar-refractivity contribution in [3.63, 3.8) is 0 Å². The number of sulfone groups is 1. The van der Waals surface area contributed by atoms with Crippen molar-refractivity contribution in [1.29, 1.82) is 0 Å². The van der Waals surface area contributed by atoms with Crippen LogP contribution < -0.4 is 4.74 Å². The van der Waals surface area contributed by atoms with E-state index in [1.165, 1.54) is 25.5 Å². The van der Waals surface area contributed by atoms with Gasteiger partial charge in [-0.3, -0.25) is 0 Å². The van der Waals surface area contributed by atoms with E-state index in [1.807, 2.05) is 0 Å². The summed E-state index contributed by atoms with van der Waals surface area (Å²) in [5.74, 6) is 0.554. The van der Waals surface area contributed by atoms with Gasteiger partial charge in [-0.05, 0) is 18.2 Å². The number of ether oxygens (including phenoxy) is 1. The molecule has 1 rings (SSSR count). The largest absolute Gasteiger partial charge is 0.497 e. The van der Waals surface area contributed by atoms with E-state index in [9.17, 15) is 8.42 Å². The van der Waals surface area contributed by atoms with Crippen molar-refractivity contribution < 1.29 is 13.2 Å². The van der Waals surface area contributed by atoms with Crippen LogP contribution in [0.4, 0.5) is 0 Å². The van der Waals surface area contributed by atoms with Crippen molar-refractivity contribution in [2.24, 2.45) is 0 Å². The van der Waals surface area contributed by atoms with E-state index in [0.717, 1.165) is 0 Å². The first-order chi connectivity index (χ1) is 5.54. The van der Waals surface area contributed by atoms with E-state index in [1.54, 1.807) is 12.1 Å². The van der Waals surface area contributed by atoms with Crippen LogP contribution in [0.2, 0.25) is 0 Å². The summed E-state index contributed by atoms with van der Waals surface area (Å²) in [6, 6.07) is 6.39. The molecule has 0 aliphatic heterocycles. The highest BCUT2D eigenvalue weighted by Crippen LogP contribution is 2.16. The average Bonchev–Trinajstić information content (AvgIpc) is 2.03. The normalized spacial score (nSPS) is 11.2. The first-order valence-electron chi connectivity index (χ1n) is 3.38. The maximum Gasteiger partial charge on any atom is 0.175 e. The van der Waals surface area contributed by atoms with Crippen LogP contribution >= 0.6 is 0 Å². The van der Waals surface area contributed by atoms with Crippen molar-refractivity contribution in [1.82, 2.24) is 0 Å². The molecule has 0 amide bonds. The summed E-state index contributed by atoms with van der Waals surface area (Å²) < 4.78 is 27.0. The maximum absolute atomic E-state index is 11.0. The highest BCUT2D eigenvalue weighted by atomic mass is 32.2. The highest BCUT2D eigenvalue weighted by molar-refractivity contribution is 7.90. The minimum absolute atomic E-state index is 0.279. The van der Waals surface area contributed by atoms with Crippen LogP contribution in [0.3, 0.4) is 0 Å². The zero-order chi connectivity index (χ0) is 9.19. The lowest BCUT2D eigenvalue weighted by atomic mass is 10.3. The summed E-state index contributed by atoms with van der Waals surface area (Å²) in [4.78, 5) is 0.279. The van der Waals surface area contributed by atoms with E-state index in [-0.39, 0.29) is 4.90 Å². The minimum atomic E-state index is -3.12. The molecule has 0 radical (unpaired) electrons. The Labute approximate surface area is 71.9 Å². The van der Waals surface area contributed by atoms with Crippen molar-refractivity contribution in [2.75, 3.05) is 13.4 Å². The van der Waals surface area contributed by atoms with Crippen LogP contribution in [0.1, 0.15) is 0 Å². The fourth-order valence-electron chi connectivity index (χ4n) is 0.832. The minimum Gasteiger partial charge on any atom is -0.497 e. The zero-order valence-electron chi connectivity index (χ0n) is 6.94. The second-order valence-corrected chi connectivity index (χ2v) is 4.47. The first kappa shape index (κ1) is 9.06. The SMILES string of the molecule is COc1cccc(S(C)(=O)=O)c1. The predicted molar refractivity (Wildman–Crippen MR) is 46.1 cm³/mol. The van der Waals surface area contributed by atoms with Gasteiger partial charge in [0, 0.05) is 6.26 Å². The Hall–Kier alpha value is -1.03. The topological polar surface area (TPSA) is 43.4 Å². The molecule has 3 nitrogen and oxygen atoms in total. The smallest absolute Gasteiger partial charge is 0.175 e. The summed E-state index contributed by atoms with van der Waals surface area (Å²) in [6.45, 7) is 0. The third-order valence-corrected chi connectivity index (χ3v) is 2.58. The van der Waals surface area contributed by atoms with Gasteiger partial charge in [-0.2, -0.15) is 0 Å². The second kappa shape index (κ2) is 3.15. The second-order valence-electron chi connectivity index (χ2n) is 2.45. The third-order valence-electron chi connectivity index (χ3n) is 1.47. The lowest BCUT2D eigenvalue weighted by molar-refractivity contribution is 0.413. The van der Waals surface area contributed by atoms with Crippen LogP contribution in [-0.4, -0.2) is 21.8 Å². The molecule has 1 aromatic rings. The molecule has 0 bridgehead atoms. The molecular weight excluding hydrogens is 176 g/mol. The molecular formula is C8H10O3S. The molecule has 0 fully saturated rings. The fraction of sp³-hybridized carbons (Fsp3) is 0.250. The van der Waals surface area contributed by atoms with Crippen LogP contribution in [-0.2, 0) is 9.84 Å². The number of methoxy groups -OCH3 is 1. The van der Waals surface area contributed by atoms with Gasteiger partial charge in [0.2, 0.25) is 0 Å². The molecule has 0 aliphatic rings. The molecule has 0 saturated carbocycles. The molecule has 12 heavy (non-hydrogen) atoms. The van der Waals surface area contributed by atoms with Crippen LogP contribution in [0.25, 0.3) is 0 Å². The number of rotatable bonds is 2. The number of hydrogen-bond acceptors (Lipinski definition) is 3. The summed E-state index contributed by atoms with van der Waals surface area (Å²) in [7, 11) is -1.61. The van der Waals surface area contributed by atoms with Gasteiger partial charge in [-0.15, -0.1) is 0 Å². The molecule has 0 aromatic heterocycles. The van der Waals surface area contributed by atoms with Crippen LogP contribution in [0.5, 0.6) is 5.75 Å². The van der Waals surface area contributed by atoms with E-state index < -0.39 is 9.84 Å². The molecule has 0 heterocycles. The van der Waals surface area contributed by atoms with Crippen molar-refractivity contribution in [3.05, 3.63) is 24.3 Å². The molecule has 0 unspecified atom stereocenters. The maximum atomic E-state index is 11.0. The molecule has 0 atom stereocenters. The average molecular weight is 186 g/mol. The zero-order valence-corrected chi connectivity index (χ0v) is 7.76. The van der Waals surface area contributed by atoms with Gasteiger partial charge in [0.05, 0.1) is 12.0 Å². The van der Waals surface area contributed by atoms with E-state index in [4.69, 9.17) is 4.74 Å². The van der Waals surface area contributed by atoms with Crippen LogP contribution in [0.15, 0.2) is 29.2 Å².